The first-order valence-corrected chi connectivity index (χ1v) is 11.8. The number of carbonyl (C=O) groups is 1. The van der Waals surface area contributed by atoms with Crippen molar-refractivity contribution in [3.8, 4) is 22.7 Å². The van der Waals surface area contributed by atoms with Crippen LogP contribution in [0.3, 0.4) is 0 Å². The molecule has 180 valence electrons. The molecular weight excluding hydrogens is 452 g/mol. The van der Waals surface area contributed by atoms with Crippen LogP contribution in [0.2, 0.25) is 0 Å². The molecule has 0 saturated heterocycles. The summed E-state index contributed by atoms with van der Waals surface area (Å²) in [7, 11) is 1.80. The Morgan fingerprint density at radius 3 is 2.39 bits per heavy atom. The number of nitrogens with zero attached hydrogens (tertiary/aromatic N) is 3. The van der Waals surface area contributed by atoms with E-state index >= 15 is 0 Å². The zero-order chi connectivity index (χ0) is 25.2. The van der Waals surface area contributed by atoms with Gasteiger partial charge < -0.3 is 10.1 Å². The van der Waals surface area contributed by atoms with Crippen LogP contribution in [0.5, 0.6) is 5.75 Å². The maximum Gasteiger partial charge on any atom is 0.295 e. The van der Waals surface area contributed by atoms with E-state index in [2.05, 4.69) is 5.32 Å². The first-order chi connectivity index (χ1) is 17.5. The van der Waals surface area contributed by atoms with Crippen LogP contribution in [-0.2, 0) is 7.05 Å². The molecule has 0 radical (unpaired) electrons. The number of para-hydroxylation sites is 2. The number of hydrogen-bond donors (Lipinski definition) is 1. The van der Waals surface area contributed by atoms with Gasteiger partial charge in [-0.2, -0.15) is 0 Å². The van der Waals surface area contributed by atoms with Crippen molar-refractivity contribution < 1.29 is 9.53 Å². The summed E-state index contributed by atoms with van der Waals surface area (Å²) in [6.07, 6.45) is 0. The van der Waals surface area contributed by atoms with Gasteiger partial charge in [-0.3, -0.25) is 14.3 Å². The van der Waals surface area contributed by atoms with Crippen LogP contribution in [-0.4, -0.2) is 26.9 Å². The lowest BCUT2D eigenvalue weighted by molar-refractivity contribution is 0.102. The minimum Gasteiger partial charge on any atom is -0.494 e. The van der Waals surface area contributed by atoms with E-state index in [0.29, 0.717) is 34.5 Å². The number of hydrogen-bond acceptors (Lipinski definition) is 4. The van der Waals surface area contributed by atoms with Gasteiger partial charge in [0.1, 0.15) is 11.4 Å². The van der Waals surface area contributed by atoms with Crippen molar-refractivity contribution in [3.63, 3.8) is 0 Å². The van der Waals surface area contributed by atoms with Gasteiger partial charge in [-0.25, -0.2) is 9.67 Å². The molecule has 5 aromatic rings. The third-order valence-corrected chi connectivity index (χ3v) is 6.21. The van der Waals surface area contributed by atoms with Crippen molar-refractivity contribution in [2.24, 2.45) is 7.05 Å². The summed E-state index contributed by atoms with van der Waals surface area (Å²) in [5.41, 5.74) is 3.99. The van der Waals surface area contributed by atoms with E-state index in [-0.39, 0.29) is 17.2 Å². The molecule has 0 fully saturated rings. The number of fused-ring (bicyclic) bond motifs is 1. The van der Waals surface area contributed by atoms with E-state index < -0.39 is 0 Å². The highest BCUT2D eigenvalue weighted by Crippen LogP contribution is 2.27. The predicted molar refractivity (Wildman–Crippen MR) is 142 cm³/mol. The Balaban J connectivity index is 1.56. The molecule has 0 aliphatic rings. The quantitative estimate of drug-likeness (QED) is 0.357. The molecule has 3 aromatic carbocycles. The van der Waals surface area contributed by atoms with Crippen molar-refractivity contribution >= 4 is 22.5 Å². The number of carbonyl (C=O) groups excluding carboxylic acids is 1. The SMILES string of the molecule is CCOc1ccc(-c2cc(C(=O)Nc3c(C)n(C)n(-c4ccccc4)c3=O)c3ccccc3n2)cc1. The number of amides is 1. The molecule has 0 unspecified atom stereocenters. The second-order valence-electron chi connectivity index (χ2n) is 8.42. The van der Waals surface area contributed by atoms with Gasteiger partial charge in [-0.05, 0) is 62.4 Å². The van der Waals surface area contributed by atoms with Crippen LogP contribution < -0.4 is 15.6 Å². The van der Waals surface area contributed by atoms with E-state index in [1.165, 1.54) is 0 Å². The zero-order valence-electron chi connectivity index (χ0n) is 20.4. The smallest absolute Gasteiger partial charge is 0.295 e. The lowest BCUT2D eigenvalue weighted by Crippen LogP contribution is -2.23. The number of aromatic nitrogens is 3. The summed E-state index contributed by atoms with van der Waals surface area (Å²) in [6.45, 7) is 4.34. The minimum atomic E-state index is -0.369. The van der Waals surface area contributed by atoms with Gasteiger partial charge in [-0.15, -0.1) is 0 Å². The van der Waals surface area contributed by atoms with Gasteiger partial charge >= 0.3 is 0 Å². The summed E-state index contributed by atoms with van der Waals surface area (Å²) < 4.78 is 8.83. The third kappa shape index (κ3) is 4.15. The summed E-state index contributed by atoms with van der Waals surface area (Å²) in [4.78, 5) is 31.7. The van der Waals surface area contributed by atoms with Crippen molar-refractivity contribution in [1.82, 2.24) is 14.3 Å². The summed E-state index contributed by atoms with van der Waals surface area (Å²) in [5.74, 6) is 0.404. The average Bonchev–Trinajstić information content (AvgIpc) is 3.12. The van der Waals surface area contributed by atoms with E-state index in [9.17, 15) is 9.59 Å². The largest absolute Gasteiger partial charge is 0.494 e. The van der Waals surface area contributed by atoms with Gasteiger partial charge in [0.15, 0.2) is 0 Å². The molecule has 0 atom stereocenters. The molecule has 0 saturated carbocycles. The highest BCUT2D eigenvalue weighted by Gasteiger charge is 2.21. The number of anilines is 1. The van der Waals surface area contributed by atoms with Crippen LogP contribution in [0.15, 0.2) is 89.7 Å². The predicted octanol–water partition coefficient (Wildman–Crippen LogP) is 5.35. The lowest BCUT2D eigenvalue weighted by Gasteiger charge is -2.11. The van der Waals surface area contributed by atoms with E-state index in [4.69, 9.17) is 9.72 Å². The van der Waals surface area contributed by atoms with Gasteiger partial charge in [-0.1, -0.05) is 36.4 Å². The topological polar surface area (TPSA) is 78.1 Å². The number of rotatable bonds is 6. The van der Waals surface area contributed by atoms with Crippen LogP contribution >= 0.6 is 0 Å². The van der Waals surface area contributed by atoms with Crippen LogP contribution in [0.4, 0.5) is 5.69 Å². The first kappa shape index (κ1) is 23.1. The van der Waals surface area contributed by atoms with Gasteiger partial charge in [0.2, 0.25) is 0 Å². The zero-order valence-corrected chi connectivity index (χ0v) is 20.4. The van der Waals surface area contributed by atoms with Crippen molar-refractivity contribution in [1.29, 1.82) is 0 Å². The minimum absolute atomic E-state index is 0.245. The summed E-state index contributed by atoms with van der Waals surface area (Å²) >= 11 is 0. The number of pyridine rings is 1. The Bertz CT molecular complexity index is 1620. The van der Waals surface area contributed by atoms with Crippen molar-refractivity contribution in [2.45, 2.75) is 13.8 Å². The fourth-order valence-corrected chi connectivity index (χ4v) is 4.29. The van der Waals surface area contributed by atoms with Crippen LogP contribution in [0.1, 0.15) is 23.0 Å². The Morgan fingerprint density at radius 1 is 0.972 bits per heavy atom. The second-order valence-corrected chi connectivity index (χ2v) is 8.42. The number of benzene rings is 3. The monoisotopic (exact) mass is 478 g/mol. The maximum atomic E-state index is 13.6. The molecule has 0 spiro atoms. The molecule has 5 rings (SSSR count). The molecule has 1 amide bonds. The van der Waals surface area contributed by atoms with Gasteiger partial charge in [0.05, 0.1) is 34.8 Å². The summed E-state index contributed by atoms with van der Waals surface area (Å²) in [6, 6.07) is 26.2. The molecule has 0 bridgehead atoms. The first-order valence-electron chi connectivity index (χ1n) is 11.8. The Hall–Kier alpha value is -4.65. The molecule has 2 heterocycles. The van der Waals surface area contributed by atoms with E-state index in [0.717, 1.165) is 17.0 Å². The van der Waals surface area contributed by atoms with Crippen LogP contribution in [0.25, 0.3) is 27.8 Å². The van der Waals surface area contributed by atoms with Crippen molar-refractivity contribution in [2.75, 3.05) is 11.9 Å². The molecule has 0 aliphatic carbocycles. The standard InChI is InChI=1S/C29H26N4O3/c1-4-36-22-16-14-20(15-17-22)26-18-24(23-12-8-9-13-25(23)30-26)28(34)31-27-19(2)32(3)33(29(27)35)21-10-6-5-7-11-21/h5-18H,4H2,1-3H3,(H,31,34). The molecular formula is C29H26N4O3. The van der Waals surface area contributed by atoms with Crippen LogP contribution in [0, 0.1) is 6.92 Å². The third-order valence-electron chi connectivity index (χ3n) is 6.21. The average molecular weight is 479 g/mol. The normalized spacial score (nSPS) is 11.0. The van der Waals surface area contributed by atoms with E-state index in [1.807, 2.05) is 92.7 Å². The molecule has 7 nitrogen and oxygen atoms in total. The van der Waals surface area contributed by atoms with E-state index in [1.54, 1.807) is 22.5 Å². The highest BCUT2D eigenvalue weighted by molar-refractivity contribution is 6.13. The summed E-state index contributed by atoms with van der Waals surface area (Å²) in [5, 5.41) is 3.59. The highest BCUT2D eigenvalue weighted by atomic mass is 16.5. The molecule has 36 heavy (non-hydrogen) atoms. The molecule has 1 N–H and O–H groups in total. The Labute approximate surface area is 208 Å². The maximum absolute atomic E-state index is 13.6. The Kier molecular flexibility index (Phi) is 6.12. The van der Waals surface area contributed by atoms with Crippen molar-refractivity contribution in [3.05, 3.63) is 107 Å². The lowest BCUT2D eigenvalue weighted by atomic mass is 10.0. The Morgan fingerprint density at radius 2 is 1.67 bits per heavy atom. The molecule has 7 heteroatoms. The molecule has 0 aliphatic heterocycles. The van der Waals surface area contributed by atoms with Gasteiger partial charge in [0.25, 0.3) is 11.5 Å². The number of nitrogens with one attached hydrogen (secondary N) is 1. The molecule has 2 aromatic heterocycles. The fourth-order valence-electron chi connectivity index (χ4n) is 4.29. The number of ether oxygens (including phenoxy) is 1. The second kappa shape index (κ2) is 9.54. The fraction of sp³-hybridized carbons (Fsp3) is 0.138. The van der Waals surface area contributed by atoms with Gasteiger partial charge in [0, 0.05) is 18.0 Å².